The zero-order chi connectivity index (χ0) is 16.7. The van der Waals surface area contributed by atoms with Crippen molar-refractivity contribution in [2.75, 3.05) is 12.3 Å². The van der Waals surface area contributed by atoms with E-state index in [0.717, 1.165) is 10.7 Å². The maximum atomic E-state index is 12.0. The summed E-state index contributed by atoms with van der Waals surface area (Å²) in [4.78, 5) is 15.9. The minimum Gasteiger partial charge on any atom is -0.435 e. The topological polar surface area (TPSA) is 56.2 Å². The fourth-order valence-electron chi connectivity index (χ4n) is 1.86. The number of imidazole rings is 1. The van der Waals surface area contributed by atoms with Crippen molar-refractivity contribution in [1.29, 1.82) is 0 Å². The second-order valence-electron chi connectivity index (χ2n) is 4.73. The minimum absolute atomic E-state index is 0.0735. The molecule has 0 fully saturated rings. The molecular formula is C15H17F2N3O2S. The standard InChI is InChI=1S/C15H17F2N3O2S/c1-20-9-8-19-15(20)23-10-13(21)18-7-6-11-2-4-12(5-3-11)22-14(16)17/h2-5,8-9,14H,6-7,10H2,1H3,(H,18,21). The zero-order valence-corrected chi connectivity index (χ0v) is 13.4. The molecule has 0 unspecified atom stereocenters. The number of hydrogen-bond donors (Lipinski definition) is 1. The van der Waals surface area contributed by atoms with Gasteiger partial charge in [-0.25, -0.2) is 4.98 Å². The number of amides is 1. The number of carbonyl (C=O) groups excluding carboxylic acids is 1. The average molecular weight is 341 g/mol. The van der Waals surface area contributed by atoms with Gasteiger partial charge < -0.3 is 14.6 Å². The van der Waals surface area contributed by atoms with Gasteiger partial charge in [0, 0.05) is 26.0 Å². The second-order valence-corrected chi connectivity index (χ2v) is 5.67. The number of alkyl halides is 2. The van der Waals surface area contributed by atoms with Gasteiger partial charge in [-0.2, -0.15) is 8.78 Å². The Morgan fingerprint density at radius 3 is 2.74 bits per heavy atom. The third-order valence-corrected chi connectivity index (χ3v) is 4.05. The van der Waals surface area contributed by atoms with Gasteiger partial charge in [-0.1, -0.05) is 23.9 Å². The molecule has 1 aromatic carbocycles. The summed E-state index contributed by atoms with van der Waals surface area (Å²) in [6.07, 6.45) is 4.12. The van der Waals surface area contributed by atoms with Crippen LogP contribution in [0, 0.1) is 0 Å². The van der Waals surface area contributed by atoms with Gasteiger partial charge >= 0.3 is 6.61 Å². The zero-order valence-electron chi connectivity index (χ0n) is 12.5. The van der Waals surface area contributed by atoms with Crippen LogP contribution in [0.3, 0.4) is 0 Å². The first-order valence-electron chi connectivity index (χ1n) is 6.95. The molecule has 23 heavy (non-hydrogen) atoms. The van der Waals surface area contributed by atoms with Crippen LogP contribution in [0.25, 0.3) is 0 Å². The number of benzene rings is 1. The second kappa shape index (κ2) is 8.52. The van der Waals surface area contributed by atoms with E-state index < -0.39 is 6.61 Å². The first kappa shape index (κ1) is 17.3. The first-order valence-corrected chi connectivity index (χ1v) is 7.93. The fraction of sp³-hybridized carbons (Fsp3) is 0.333. The van der Waals surface area contributed by atoms with Crippen molar-refractivity contribution in [3.05, 3.63) is 42.2 Å². The van der Waals surface area contributed by atoms with E-state index in [4.69, 9.17) is 0 Å². The van der Waals surface area contributed by atoms with E-state index in [9.17, 15) is 13.6 Å². The van der Waals surface area contributed by atoms with Crippen LogP contribution in [0.4, 0.5) is 8.78 Å². The van der Waals surface area contributed by atoms with E-state index in [0.29, 0.717) is 18.7 Å². The Bertz CT molecular complexity index is 632. The molecule has 0 atom stereocenters. The molecule has 5 nitrogen and oxygen atoms in total. The Hall–Kier alpha value is -2.09. The number of aryl methyl sites for hydroxylation is 1. The SMILES string of the molecule is Cn1ccnc1SCC(=O)NCCc1ccc(OC(F)F)cc1. The monoisotopic (exact) mass is 341 g/mol. The van der Waals surface area contributed by atoms with E-state index in [1.54, 1.807) is 18.3 Å². The summed E-state index contributed by atoms with van der Waals surface area (Å²) in [5.74, 6) is 0.348. The van der Waals surface area contributed by atoms with Crippen molar-refractivity contribution in [1.82, 2.24) is 14.9 Å². The van der Waals surface area contributed by atoms with Crippen molar-refractivity contribution in [3.8, 4) is 5.75 Å². The van der Waals surface area contributed by atoms with Gasteiger partial charge in [0.1, 0.15) is 5.75 Å². The largest absolute Gasteiger partial charge is 0.435 e. The van der Waals surface area contributed by atoms with E-state index in [-0.39, 0.29) is 11.7 Å². The molecule has 2 rings (SSSR count). The van der Waals surface area contributed by atoms with E-state index in [1.165, 1.54) is 23.9 Å². The van der Waals surface area contributed by atoms with E-state index in [1.807, 2.05) is 17.8 Å². The van der Waals surface area contributed by atoms with Crippen molar-refractivity contribution in [2.24, 2.45) is 7.05 Å². The summed E-state index contributed by atoms with van der Waals surface area (Å²) in [6, 6.07) is 6.37. The molecule has 8 heteroatoms. The summed E-state index contributed by atoms with van der Waals surface area (Å²) in [6.45, 7) is -2.34. The molecule has 0 saturated carbocycles. The molecule has 1 N–H and O–H groups in total. The summed E-state index contributed by atoms with van der Waals surface area (Å²) >= 11 is 1.37. The summed E-state index contributed by atoms with van der Waals surface area (Å²) in [5.41, 5.74) is 0.934. The van der Waals surface area contributed by atoms with Gasteiger partial charge in [0.25, 0.3) is 0 Å². The fourth-order valence-corrected chi connectivity index (χ4v) is 2.62. The van der Waals surface area contributed by atoms with Crippen LogP contribution >= 0.6 is 11.8 Å². The summed E-state index contributed by atoms with van der Waals surface area (Å²) < 4.78 is 30.2. The Morgan fingerprint density at radius 1 is 1.39 bits per heavy atom. The van der Waals surface area contributed by atoms with Gasteiger partial charge in [-0.15, -0.1) is 0 Å². The predicted octanol–water partition coefficient (Wildman–Crippen LogP) is 2.47. The van der Waals surface area contributed by atoms with Crippen molar-refractivity contribution >= 4 is 17.7 Å². The summed E-state index contributed by atoms with van der Waals surface area (Å²) in [7, 11) is 1.87. The maximum Gasteiger partial charge on any atom is 0.387 e. The Balaban J connectivity index is 1.68. The lowest BCUT2D eigenvalue weighted by Gasteiger charge is -2.07. The molecule has 0 spiro atoms. The van der Waals surface area contributed by atoms with Crippen LogP contribution in [-0.4, -0.2) is 34.4 Å². The predicted molar refractivity (Wildman–Crippen MR) is 83.7 cm³/mol. The van der Waals surface area contributed by atoms with Crippen molar-refractivity contribution in [3.63, 3.8) is 0 Å². The van der Waals surface area contributed by atoms with Crippen molar-refractivity contribution < 1.29 is 18.3 Å². The maximum absolute atomic E-state index is 12.0. The minimum atomic E-state index is -2.82. The first-order chi connectivity index (χ1) is 11.0. The molecule has 1 heterocycles. The molecule has 2 aromatic rings. The van der Waals surface area contributed by atoms with Crippen molar-refractivity contribution in [2.45, 2.75) is 18.2 Å². The molecular weight excluding hydrogens is 324 g/mol. The number of ether oxygens (including phenoxy) is 1. The Kier molecular flexibility index (Phi) is 6.40. The van der Waals surface area contributed by atoms with Gasteiger partial charge in [0.2, 0.25) is 5.91 Å². The van der Waals surface area contributed by atoms with Crippen LogP contribution in [0.1, 0.15) is 5.56 Å². The lowest BCUT2D eigenvalue weighted by Crippen LogP contribution is -2.27. The molecule has 124 valence electrons. The number of nitrogens with one attached hydrogen (secondary N) is 1. The van der Waals surface area contributed by atoms with Gasteiger partial charge in [-0.3, -0.25) is 4.79 Å². The highest BCUT2D eigenvalue weighted by Crippen LogP contribution is 2.15. The Morgan fingerprint density at radius 2 is 2.13 bits per heavy atom. The molecule has 0 bridgehead atoms. The molecule has 0 radical (unpaired) electrons. The Labute approximate surface area is 137 Å². The third kappa shape index (κ3) is 5.90. The van der Waals surface area contributed by atoms with Gasteiger partial charge in [0.05, 0.1) is 5.75 Å². The molecule has 1 aromatic heterocycles. The number of nitrogens with zero attached hydrogens (tertiary/aromatic N) is 2. The van der Waals surface area contributed by atoms with Crippen LogP contribution in [0.15, 0.2) is 41.8 Å². The number of thioether (sulfide) groups is 1. The van der Waals surface area contributed by atoms with Crippen LogP contribution < -0.4 is 10.1 Å². The smallest absolute Gasteiger partial charge is 0.387 e. The average Bonchev–Trinajstić information content (AvgIpc) is 2.92. The van der Waals surface area contributed by atoms with Gasteiger partial charge in [-0.05, 0) is 24.1 Å². The highest BCUT2D eigenvalue weighted by atomic mass is 32.2. The molecule has 1 amide bonds. The quantitative estimate of drug-likeness (QED) is 0.750. The molecule has 0 aliphatic carbocycles. The highest BCUT2D eigenvalue weighted by molar-refractivity contribution is 7.99. The molecule has 0 aliphatic rings. The third-order valence-electron chi connectivity index (χ3n) is 2.99. The van der Waals surface area contributed by atoms with Crippen LogP contribution in [0.2, 0.25) is 0 Å². The number of halogens is 2. The molecule has 0 saturated heterocycles. The number of hydrogen-bond acceptors (Lipinski definition) is 4. The van der Waals surface area contributed by atoms with E-state index >= 15 is 0 Å². The number of rotatable bonds is 8. The normalized spacial score (nSPS) is 10.8. The van der Waals surface area contributed by atoms with E-state index in [2.05, 4.69) is 15.0 Å². The van der Waals surface area contributed by atoms with Crippen LogP contribution in [-0.2, 0) is 18.3 Å². The highest BCUT2D eigenvalue weighted by Gasteiger charge is 2.06. The van der Waals surface area contributed by atoms with Crippen LogP contribution in [0.5, 0.6) is 5.75 Å². The molecule has 0 aliphatic heterocycles. The van der Waals surface area contributed by atoms with Gasteiger partial charge in [0.15, 0.2) is 5.16 Å². The lowest BCUT2D eigenvalue weighted by molar-refractivity contribution is -0.118. The summed E-state index contributed by atoms with van der Waals surface area (Å²) in [5, 5.41) is 3.60. The number of aromatic nitrogens is 2. The lowest BCUT2D eigenvalue weighted by atomic mass is 10.1. The number of carbonyl (C=O) groups is 1.